The first-order chi connectivity index (χ1) is 14.0. The average molecular weight is 396 g/mol. The lowest BCUT2D eigenvalue weighted by atomic mass is 9.88. The molecule has 0 saturated heterocycles. The summed E-state index contributed by atoms with van der Waals surface area (Å²) in [5.41, 5.74) is 1.13. The Hall–Kier alpha value is -2.89. The molecular formula is C23H25FN2O3. The molecule has 2 aromatic carbocycles. The van der Waals surface area contributed by atoms with Gasteiger partial charge >= 0.3 is 0 Å². The molecule has 0 spiro atoms. The summed E-state index contributed by atoms with van der Waals surface area (Å²) in [5, 5.41) is 5.98. The highest BCUT2D eigenvalue weighted by molar-refractivity contribution is 5.94. The van der Waals surface area contributed by atoms with Crippen molar-refractivity contribution in [1.29, 1.82) is 0 Å². The maximum atomic E-state index is 13.3. The van der Waals surface area contributed by atoms with Crippen LogP contribution in [0.3, 0.4) is 0 Å². The van der Waals surface area contributed by atoms with Crippen LogP contribution in [-0.2, 0) is 15.1 Å². The van der Waals surface area contributed by atoms with Crippen LogP contribution in [0.1, 0.15) is 44.1 Å². The SMILES string of the molecule is O=C(COc1cccc(NC(=O)C2CC2)c1)NC1(c2ccc(F)cc2)CCCC1. The van der Waals surface area contributed by atoms with Crippen LogP contribution in [0.15, 0.2) is 48.5 Å². The Bertz CT molecular complexity index is 887. The zero-order valence-corrected chi connectivity index (χ0v) is 16.2. The molecule has 0 radical (unpaired) electrons. The first kappa shape index (κ1) is 19.4. The third-order valence-corrected chi connectivity index (χ3v) is 5.65. The number of anilines is 1. The second-order valence-electron chi connectivity index (χ2n) is 7.92. The van der Waals surface area contributed by atoms with Gasteiger partial charge in [0.1, 0.15) is 11.6 Å². The van der Waals surface area contributed by atoms with Crippen LogP contribution >= 0.6 is 0 Å². The van der Waals surface area contributed by atoms with E-state index in [0.717, 1.165) is 44.1 Å². The summed E-state index contributed by atoms with van der Waals surface area (Å²) < 4.78 is 18.9. The molecule has 2 aliphatic rings. The van der Waals surface area contributed by atoms with E-state index in [2.05, 4.69) is 10.6 Å². The molecule has 2 fully saturated rings. The van der Waals surface area contributed by atoms with E-state index in [4.69, 9.17) is 4.74 Å². The number of benzene rings is 2. The molecular weight excluding hydrogens is 371 g/mol. The van der Waals surface area contributed by atoms with Gasteiger partial charge in [-0.15, -0.1) is 0 Å². The van der Waals surface area contributed by atoms with Gasteiger partial charge in [-0.1, -0.05) is 31.0 Å². The van der Waals surface area contributed by atoms with Crippen molar-refractivity contribution in [2.24, 2.45) is 5.92 Å². The van der Waals surface area contributed by atoms with Gasteiger partial charge in [-0.2, -0.15) is 0 Å². The maximum Gasteiger partial charge on any atom is 0.258 e. The lowest BCUT2D eigenvalue weighted by Crippen LogP contribution is -2.45. The zero-order chi connectivity index (χ0) is 20.3. The Kier molecular flexibility index (Phi) is 5.51. The van der Waals surface area contributed by atoms with Gasteiger partial charge in [-0.3, -0.25) is 9.59 Å². The molecule has 2 N–H and O–H groups in total. The number of carbonyl (C=O) groups excluding carboxylic acids is 2. The molecule has 6 heteroatoms. The summed E-state index contributed by atoms with van der Waals surface area (Å²) in [6.45, 7) is -0.122. The van der Waals surface area contributed by atoms with Gasteiger partial charge in [-0.05, 0) is 55.5 Å². The van der Waals surface area contributed by atoms with Crippen molar-refractivity contribution < 1.29 is 18.7 Å². The largest absolute Gasteiger partial charge is 0.484 e. The van der Waals surface area contributed by atoms with Crippen molar-refractivity contribution in [1.82, 2.24) is 5.32 Å². The Morgan fingerprint density at radius 3 is 2.48 bits per heavy atom. The normalized spacial score (nSPS) is 17.6. The van der Waals surface area contributed by atoms with Crippen molar-refractivity contribution in [2.45, 2.75) is 44.1 Å². The Morgan fingerprint density at radius 1 is 1.07 bits per heavy atom. The molecule has 0 aliphatic heterocycles. The number of hydrogen-bond donors (Lipinski definition) is 2. The second-order valence-corrected chi connectivity index (χ2v) is 7.92. The van der Waals surface area contributed by atoms with E-state index in [1.807, 2.05) is 0 Å². The van der Waals surface area contributed by atoms with Crippen molar-refractivity contribution in [2.75, 3.05) is 11.9 Å². The quantitative estimate of drug-likeness (QED) is 0.739. The summed E-state index contributed by atoms with van der Waals surface area (Å²) in [6.07, 6.45) is 5.57. The highest BCUT2D eigenvalue weighted by Gasteiger charge is 2.37. The molecule has 0 heterocycles. The Balaban J connectivity index is 1.36. The Morgan fingerprint density at radius 2 is 1.79 bits per heavy atom. The number of nitrogens with one attached hydrogen (secondary N) is 2. The number of carbonyl (C=O) groups is 2. The molecule has 0 aromatic heterocycles. The van der Waals surface area contributed by atoms with Crippen LogP contribution in [0.2, 0.25) is 0 Å². The number of amides is 2. The van der Waals surface area contributed by atoms with E-state index in [-0.39, 0.29) is 30.2 Å². The first-order valence-electron chi connectivity index (χ1n) is 10.1. The fourth-order valence-corrected chi connectivity index (χ4v) is 3.94. The van der Waals surface area contributed by atoms with Gasteiger partial charge in [0.25, 0.3) is 5.91 Å². The van der Waals surface area contributed by atoms with Crippen molar-refractivity contribution >= 4 is 17.5 Å². The predicted octanol–water partition coefficient (Wildman–Crippen LogP) is 4.14. The van der Waals surface area contributed by atoms with Gasteiger partial charge in [0.05, 0.1) is 5.54 Å². The molecule has 2 aliphatic carbocycles. The minimum atomic E-state index is -0.464. The highest BCUT2D eigenvalue weighted by atomic mass is 19.1. The fraction of sp³-hybridized carbons (Fsp3) is 0.391. The second kappa shape index (κ2) is 8.23. The number of halogens is 1. The third kappa shape index (κ3) is 4.75. The van der Waals surface area contributed by atoms with Crippen LogP contribution in [0, 0.1) is 11.7 Å². The lowest BCUT2D eigenvalue weighted by molar-refractivity contribution is -0.125. The molecule has 4 rings (SSSR count). The van der Waals surface area contributed by atoms with Crippen LogP contribution < -0.4 is 15.4 Å². The summed E-state index contributed by atoms with van der Waals surface area (Å²) in [6, 6.07) is 13.4. The van der Waals surface area contributed by atoms with Crippen molar-refractivity contribution in [3.8, 4) is 5.75 Å². The lowest BCUT2D eigenvalue weighted by Gasteiger charge is -2.31. The third-order valence-electron chi connectivity index (χ3n) is 5.65. The highest BCUT2D eigenvalue weighted by Crippen LogP contribution is 2.38. The first-order valence-corrected chi connectivity index (χ1v) is 10.1. The number of hydrogen-bond acceptors (Lipinski definition) is 3. The van der Waals surface area contributed by atoms with Gasteiger partial charge in [0.15, 0.2) is 6.61 Å². The monoisotopic (exact) mass is 396 g/mol. The van der Waals surface area contributed by atoms with Crippen molar-refractivity contribution in [3.63, 3.8) is 0 Å². The van der Waals surface area contributed by atoms with Gasteiger partial charge in [-0.25, -0.2) is 4.39 Å². The smallest absolute Gasteiger partial charge is 0.258 e. The number of ether oxygens (including phenoxy) is 1. The summed E-state index contributed by atoms with van der Waals surface area (Å²) in [7, 11) is 0. The minimum Gasteiger partial charge on any atom is -0.484 e. The summed E-state index contributed by atoms with van der Waals surface area (Å²) in [5.74, 6) is 0.173. The maximum absolute atomic E-state index is 13.3. The van der Waals surface area contributed by atoms with Gasteiger partial charge < -0.3 is 15.4 Å². The summed E-state index contributed by atoms with van der Waals surface area (Å²) in [4.78, 5) is 24.5. The molecule has 2 aromatic rings. The zero-order valence-electron chi connectivity index (χ0n) is 16.2. The minimum absolute atomic E-state index is 0.0300. The van der Waals surface area contributed by atoms with Crippen LogP contribution in [0.25, 0.3) is 0 Å². The predicted molar refractivity (Wildman–Crippen MR) is 108 cm³/mol. The van der Waals surface area contributed by atoms with Gasteiger partial charge in [0, 0.05) is 17.7 Å². The molecule has 0 bridgehead atoms. The van der Waals surface area contributed by atoms with Crippen molar-refractivity contribution in [3.05, 3.63) is 59.9 Å². The van der Waals surface area contributed by atoms with E-state index in [1.165, 1.54) is 12.1 Å². The average Bonchev–Trinajstić information content (AvgIpc) is 3.47. The molecule has 0 atom stereocenters. The van der Waals surface area contributed by atoms with Crippen LogP contribution in [0.5, 0.6) is 5.75 Å². The molecule has 5 nitrogen and oxygen atoms in total. The van der Waals surface area contributed by atoms with E-state index in [9.17, 15) is 14.0 Å². The van der Waals surface area contributed by atoms with Crippen LogP contribution in [0.4, 0.5) is 10.1 Å². The molecule has 152 valence electrons. The van der Waals surface area contributed by atoms with Crippen LogP contribution in [-0.4, -0.2) is 18.4 Å². The van der Waals surface area contributed by atoms with Gasteiger partial charge in [0.2, 0.25) is 5.91 Å². The number of rotatable bonds is 7. The fourth-order valence-electron chi connectivity index (χ4n) is 3.94. The van der Waals surface area contributed by atoms with E-state index >= 15 is 0 Å². The van der Waals surface area contributed by atoms with E-state index in [0.29, 0.717) is 11.4 Å². The standard InChI is InChI=1S/C23H25FN2O3/c24-18-10-8-17(9-11-18)23(12-1-2-13-23)26-21(27)15-29-20-5-3-4-19(14-20)25-22(28)16-6-7-16/h3-5,8-11,14,16H,1-2,6-7,12-13,15H2,(H,25,28)(H,26,27). The van der Waals surface area contributed by atoms with E-state index < -0.39 is 5.54 Å². The molecule has 29 heavy (non-hydrogen) atoms. The topological polar surface area (TPSA) is 67.4 Å². The molecule has 0 unspecified atom stereocenters. The summed E-state index contributed by atoms with van der Waals surface area (Å²) >= 11 is 0. The Labute approximate surface area is 169 Å². The van der Waals surface area contributed by atoms with E-state index in [1.54, 1.807) is 36.4 Å². The molecule has 2 amide bonds. The molecule has 2 saturated carbocycles.